The van der Waals surface area contributed by atoms with Gasteiger partial charge in [-0.15, -0.1) is 0 Å². The highest BCUT2D eigenvalue weighted by atomic mass is 35.5. The molecule has 4 nitrogen and oxygen atoms in total. The first-order valence-corrected chi connectivity index (χ1v) is 8.90. The SMILES string of the molecule is COc1cccc(CCNC(=O)CCNCCc2cccc(Cl)c2)c1. The molecule has 2 aromatic rings. The highest BCUT2D eigenvalue weighted by molar-refractivity contribution is 6.30. The van der Waals surface area contributed by atoms with Crippen LogP contribution in [0.2, 0.25) is 5.02 Å². The number of benzene rings is 2. The Labute approximate surface area is 154 Å². The molecule has 2 N–H and O–H groups in total. The van der Waals surface area contributed by atoms with Crippen LogP contribution in [0.4, 0.5) is 0 Å². The molecule has 5 heteroatoms. The number of rotatable bonds is 10. The van der Waals surface area contributed by atoms with Gasteiger partial charge in [0.05, 0.1) is 7.11 Å². The zero-order valence-electron chi connectivity index (χ0n) is 14.6. The van der Waals surface area contributed by atoms with Crippen LogP contribution in [0.1, 0.15) is 17.5 Å². The lowest BCUT2D eigenvalue weighted by Crippen LogP contribution is -2.29. The maximum absolute atomic E-state index is 11.8. The number of amides is 1. The van der Waals surface area contributed by atoms with E-state index >= 15 is 0 Å². The second-order valence-electron chi connectivity index (χ2n) is 5.83. The summed E-state index contributed by atoms with van der Waals surface area (Å²) < 4.78 is 5.19. The predicted molar refractivity (Wildman–Crippen MR) is 102 cm³/mol. The lowest BCUT2D eigenvalue weighted by molar-refractivity contribution is -0.120. The van der Waals surface area contributed by atoms with Crippen LogP contribution in [-0.4, -0.2) is 32.7 Å². The molecule has 134 valence electrons. The number of methoxy groups -OCH3 is 1. The van der Waals surface area contributed by atoms with Gasteiger partial charge in [0.1, 0.15) is 5.75 Å². The summed E-state index contributed by atoms with van der Waals surface area (Å²) in [5.74, 6) is 0.908. The van der Waals surface area contributed by atoms with E-state index in [1.165, 1.54) is 5.56 Å². The number of carbonyl (C=O) groups is 1. The second-order valence-corrected chi connectivity index (χ2v) is 6.27. The molecule has 0 spiro atoms. The zero-order chi connectivity index (χ0) is 17.9. The van der Waals surface area contributed by atoms with E-state index in [2.05, 4.69) is 16.7 Å². The quantitative estimate of drug-likeness (QED) is 0.639. The van der Waals surface area contributed by atoms with Gasteiger partial charge >= 0.3 is 0 Å². The molecule has 25 heavy (non-hydrogen) atoms. The summed E-state index contributed by atoms with van der Waals surface area (Å²) in [4.78, 5) is 11.8. The minimum absolute atomic E-state index is 0.0677. The van der Waals surface area contributed by atoms with Crippen LogP contribution in [0.5, 0.6) is 5.75 Å². The van der Waals surface area contributed by atoms with E-state index in [9.17, 15) is 4.79 Å². The van der Waals surface area contributed by atoms with Gasteiger partial charge in [-0.3, -0.25) is 4.79 Å². The van der Waals surface area contributed by atoms with Crippen molar-refractivity contribution in [2.24, 2.45) is 0 Å². The van der Waals surface area contributed by atoms with Crippen LogP contribution >= 0.6 is 11.6 Å². The van der Waals surface area contributed by atoms with Crippen LogP contribution in [0.15, 0.2) is 48.5 Å². The lowest BCUT2D eigenvalue weighted by atomic mass is 10.1. The standard InChI is InChI=1S/C20H25ClN2O2/c1-25-19-7-3-5-17(15-19)9-13-23-20(24)10-12-22-11-8-16-4-2-6-18(21)14-16/h2-7,14-15,22H,8-13H2,1H3,(H,23,24). The largest absolute Gasteiger partial charge is 0.497 e. The van der Waals surface area contributed by atoms with Crippen molar-refractivity contribution >= 4 is 17.5 Å². The fourth-order valence-corrected chi connectivity index (χ4v) is 2.73. The Balaban J connectivity index is 1.55. The van der Waals surface area contributed by atoms with E-state index in [4.69, 9.17) is 16.3 Å². The Morgan fingerprint density at radius 1 is 1.00 bits per heavy atom. The van der Waals surface area contributed by atoms with E-state index in [-0.39, 0.29) is 5.91 Å². The minimum Gasteiger partial charge on any atom is -0.497 e. The molecule has 0 aliphatic rings. The van der Waals surface area contributed by atoms with Crippen LogP contribution < -0.4 is 15.4 Å². The summed E-state index contributed by atoms with van der Waals surface area (Å²) in [6.07, 6.45) is 2.18. The first kappa shape index (κ1) is 19.3. The van der Waals surface area contributed by atoms with Crippen LogP contribution in [0.3, 0.4) is 0 Å². The fourth-order valence-electron chi connectivity index (χ4n) is 2.51. The molecule has 0 saturated carbocycles. The van der Waals surface area contributed by atoms with Gasteiger partial charge in [0.2, 0.25) is 5.91 Å². The van der Waals surface area contributed by atoms with Crippen molar-refractivity contribution in [1.82, 2.24) is 10.6 Å². The molecule has 0 atom stereocenters. The average molecular weight is 361 g/mol. The Bertz CT molecular complexity index is 676. The third-order valence-corrected chi connectivity index (χ3v) is 4.11. The van der Waals surface area contributed by atoms with E-state index in [0.29, 0.717) is 19.5 Å². The number of hydrogen-bond acceptors (Lipinski definition) is 3. The van der Waals surface area contributed by atoms with Gasteiger partial charge in [0.15, 0.2) is 0 Å². The van der Waals surface area contributed by atoms with Gasteiger partial charge in [0, 0.05) is 24.5 Å². The third kappa shape index (κ3) is 7.59. The Morgan fingerprint density at radius 3 is 2.48 bits per heavy atom. The van der Waals surface area contributed by atoms with Gasteiger partial charge in [0.25, 0.3) is 0 Å². The average Bonchev–Trinajstić information content (AvgIpc) is 2.62. The highest BCUT2D eigenvalue weighted by Gasteiger charge is 2.02. The number of ether oxygens (including phenoxy) is 1. The fraction of sp³-hybridized carbons (Fsp3) is 0.350. The van der Waals surface area contributed by atoms with Crippen LogP contribution in [-0.2, 0) is 17.6 Å². The zero-order valence-corrected chi connectivity index (χ0v) is 15.3. The van der Waals surface area contributed by atoms with Crippen molar-refractivity contribution < 1.29 is 9.53 Å². The van der Waals surface area contributed by atoms with Gasteiger partial charge in [-0.1, -0.05) is 35.9 Å². The van der Waals surface area contributed by atoms with Crippen molar-refractivity contribution in [1.29, 1.82) is 0 Å². The molecule has 0 aromatic heterocycles. The first-order valence-electron chi connectivity index (χ1n) is 8.52. The maximum Gasteiger partial charge on any atom is 0.221 e. The molecule has 1 amide bonds. The van der Waals surface area contributed by atoms with E-state index in [1.807, 2.05) is 42.5 Å². The number of hydrogen-bond donors (Lipinski definition) is 2. The molecular formula is C20H25ClN2O2. The molecule has 0 heterocycles. The normalized spacial score (nSPS) is 10.5. The summed E-state index contributed by atoms with van der Waals surface area (Å²) in [6, 6.07) is 15.7. The topological polar surface area (TPSA) is 50.4 Å². The van der Waals surface area contributed by atoms with Gasteiger partial charge < -0.3 is 15.4 Å². The number of carbonyl (C=O) groups excluding carboxylic acids is 1. The van der Waals surface area contributed by atoms with Crippen LogP contribution in [0.25, 0.3) is 0 Å². The van der Waals surface area contributed by atoms with Crippen molar-refractivity contribution in [3.63, 3.8) is 0 Å². The van der Waals surface area contributed by atoms with Crippen LogP contribution in [0, 0.1) is 0 Å². The Morgan fingerprint density at radius 2 is 1.72 bits per heavy atom. The van der Waals surface area contributed by atoms with Crippen molar-refractivity contribution in [3.05, 3.63) is 64.7 Å². The molecule has 0 fully saturated rings. The first-order chi connectivity index (χ1) is 12.2. The summed E-state index contributed by atoms with van der Waals surface area (Å²) in [5, 5.41) is 6.99. The molecule has 0 aliphatic carbocycles. The number of halogens is 1. The Hall–Kier alpha value is -2.04. The molecule has 0 bridgehead atoms. The lowest BCUT2D eigenvalue weighted by Gasteiger charge is -2.08. The highest BCUT2D eigenvalue weighted by Crippen LogP contribution is 2.12. The summed E-state index contributed by atoms with van der Waals surface area (Å²) in [6.45, 7) is 2.14. The molecular weight excluding hydrogens is 336 g/mol. The predicted octanol–water partition coefficient (Wildman–Crippen LogP) is 3.23. The summed E-state index contributed by atoms with van der Waals surface area (Å²) in [7, 11) is 1.65. The van der Waals surface area contributed by atoms with Gasteiger partial charge in [-0.25, -0.2) is 0 Å². The van der Waals surface area contributed by atoms with E-state index in [1.54, 1.807) is 7.11 Å². The molecule has 0 saturated heterocycles. The molecule has 0 unspecified atom stereocenters. The summed E-state index contributed by atoms with van der Waals surface area (Å²) >= 11 is 5.96. The molecule has 0 aliphatic heterocycles. The van der Waals surface area contributed by atoms with Crippen molar-refractivity contribution in [2.75, 3.05) is 26.7 Å². The maximum atomic E-state index is 11.8. The monoisotopic (exact) mass is 360 g/mol. The molecule has 2 rings (SSSR count). The molecule has 2 aromatic carbocycles. The van der Waals surface area contributed by atoms with Crippen molar-refractivity contribution in [2.45, 2.75) is 19.3 Å². The van der Waals surface area contributed by atoms with Gasteiger partial charge in [-0.2, -0.15) is 0 Å². The van der Waals surface area contributed by atoms with E-state index < -0.39 is 0 Å². The summed E-state index contributed by atoms with van der Waals surface area (Å²) in [5.41, 5.74) is 2.35. The van der Waals surface area contributed by atoms with E-state index in [0.717, 1.165) is 35.7 Å². The number of nitrogens with one attached hydrogen (secondary N) is 2. The third-order valence-electron chi connectivity index (χ3n) is 3.88. The minimum atomic E-state index is 0.0677. The van der Waals surface area contributed by atoms with Gasteiger partial charge in [-0.05, 0) is 54.8 Å². The smallest absolute Gasteiger partial charge is 0.221 e. The van der Waals surface area contributed by atoms with Crippen molar-refractivity contribution in [3.8, 4) is 5.75 Å². The Kier molecular flexibility index (Phi) is 8.29. The molecule has 0 radical (unpaired) electrons. The second kappa shape index (κ2) is 10.7.